The van der Waals surface area contributed by atoms with Gasteiger partial charge in [-0.2, -0.15) is 0 Å². The molecule has 6 rings (SSSR count). The number of carbonyl (C=O) groups excluding carboxylic acids is 2. The molecule has 0 aromatic heterocycles. The Morgan fingerprint density at radius 1 is 0.500 bits per heavy atom. The lowest BCUT2D eigenvalue weighted by atomic mass is 9.84. The monoisotopic (exact) mass is 524 g/mol. The van der Waals surface area contributed by atoms with Gasteiger partial charge in [-0.15, -0.1) is 0 Å². The van der Waals surface area contributed by atoms with E-state index in [0.717, 1.165) is 54.6 Å². The minimum absolute atomic E-state index is 0.295. The Kier molecular flexibility index (Phi) is 6.75. The third-order valence-corrected chi connectivity index (χ3v) is 7.27. The van der Waals surface area contributed by atoms with E-state index in [1.165, 1.54) is 0 Å². The van der Waals surface area contributed by atoms with Crippen LogP contribution < -0.4 is 0 Å². The zero-order valence-electron chi connectivity index (χ0n) is 22.4. The zero-order valence-corrected chi connectivity index (χ0v) is 22.4. The van der Waals surface area contributed by atoms with Crippen molar-refractivity contribution >= 4 is 44.3 Å². The minimum atomic E-state index is -0.354. The quantitative estimate of drug-likeness (QED) is 0.161. The molecule has 0 unspecified atom stereocenters. The highest BCUT2D eigenvalue weighted by Crippen LogP contribution is 2.45. The number of hydrogen-bond donors (Lipinski definition) is 0. The standard InChI is InChI=1S/C36H28O4/c1-3-39-35(37)29-19-11-9-17-27(29)31-21-23-13-5-8-16-26(23)34-32(22-24-14-6-7-15-25(24)33(31)34)28-18-10-12-20-30(28)36(38)40-4-2/h5-22H,3-4H2,1-2H3. The summed E-state index contributed by atoms with van der Waals surface area (Å²) in [6, 6.07) is 36.0. The van der Waals surface area contributed by atoms with Gasteiger partial charge in [0.2, 0.25) is 0 Å². The summed E-state index contributed by atoms with van der Waals surface area (Å²) in [6.45, 7) is 4.21. The van der Waals surface area contributed by atoms with Gasteiger partial charge < -0.3 is 9.47 Å². The number of fused-ring (bicyclic) bond motifs is 5. The lowest BCUT2D eigenvalue weighted by Gasteiger charge is -2.20. The lowest BCUT2D eigenvalue weighted by molar-refractivity contribution is 0.0517. The first kappa shape index (κ1) is 25.3. The van der Waals surface area contributed by atoms with Crippen LogP contribution in [0.4, 0.5) is 0 Å². The van der Waals surface area contributed by atoms with Crippen molar-refractivity contribution in [2.24, 2.45) is 0 Å². The number of benzene rings is 6. The van der Waals surface area contributed by atoms with Gasteiger partial charge in [-0.05, 0) is 92.7 Å². The van der Waals surface area contributed by atoms with Gasteiger partial charge in [-0.25, -0.2) is 9.59 Å². The fourth-order valence-corrected chi connectivity index (χ4v) is 5.62. The number of ether oxygens (including phenoxy) is 2. The Hall–Kier alpha value is -4.96. The molecule has 0 heterocycles. The van der Waals surface area contributed by atoms with Crippen LogP contribution in [0.1, 0.15) is 34.6 Å². The molecule has 0 saturated heterocycles. The van der Waals surface area contributed by atoms with Gasteiger partial charge in [0.25, 0.3) is 0 Å². The summed E-state index contributed by atoms with van der Waals surface area (Å²) >= 11 is 0. The van der Waals surface area contributed by atoms with Crippen LogP contribution >= 0.6 is 0 Å². The SMILES string of the molecule is CCOC(=O)c1ccccc1-c1cc2ccccc2c2c(-c3ccccc3C(=O)OCC)cc3ccccc3c12. The maximum Gasteiger partial charge on any atom is 0.338 e. The Balaban J connectivity index is 1.82. The summed E-state index contributed by atoms with van der Waals surface area (Å²) in [6.07, 6.45) is 0. The summed E-state index contributed by atoms with van der Waals surface area (Å²) in [7, 11) is 0. The zero-order chi connectivity index (χ0) is 27.6. The second kappa shape index (κ2) is 10.7. The predicted octanol–water partition coefficient (Wildman–Crippen LogP) is 8.83. The van der Waals surface area contributed by atoms with Crippen LogP contribution in [0.25, 0.3) is 54.6 Å². The average Bonchev–Trinajstić information content (AvgIpc) is 3.00. The molecule has 0 saturated carbocycles. The highest BCUT2D eigenvalue weighted by Gasteiger charge is 2.22. The van der Waals surface area contributed by atoms with Gasteiger partial charge in [0.15, 0.2) is 0 Å². The molecule has 0 radical (unpaired) electrons. The van der Waals surface area contributed by atoms with E-state index in [4.69, 9.17) is 9.47 Å². The van der Waals surface area contributed by atoms with E-state index in [0.29, 0.717) is 24.3 Å². The first-order valence-electron chi connectivity index (χ1n) is 13.5. The molecular formula is C36H28O4. The Morgan fingerprint density at radius 2 is 0.875 bits per heavy atom. The lowest BCUT2D eigenvalue weighted by Crippen LogP contribution is -2.07. The van der Waals surface area contributed by atoms with Crippen molar-refractivity contribution in [3.63, 3.8) is 0 Å². The van der Waals surface area contributed by atoms with Crippen molar-refractivity contribution < 1.29 is 19.1 Å². The van der Waals surface area contributed by atoms with Crippen LogP contribution in [0.15, 0.2) is 109 Å². The second-order valence-electron chi connectivity index (χ2n) is 9.57. The van der Waals surface area contributed by atoms with Crippen molar-refractivity contribution in [1.29, 1.82) is 0 Å². The molecule has 40 heavy (non-hydrogen) atoms. The Bertz CT molecular complexity index is 1780. The van der Waals surface area contributed by atoms with Crippen LogP contribution in [0.2, 0.25) is 0 Å². The third kappa shape index (κ3) is 4.28. The number of carbonyl (C=O) groups is 2. The van der Waals surface area contributed by atoms with Crippen molar-refractivity contribution in [1.82, 2.24) is 0 Å². The van der Waals surface area contributed by atoms with E-state index in [-0.39, 0.29) is 11.9 Å². The summed E-state index contributed by atoms with van der Waals surface area (Å²) < 4.78 is 10.9. The smallest absolute Gasteiger partial charge is 0.338 e. The highest BCUT2D eigenvalue weighted by atomic mass is 16.5. The molecule has 0 aliphatic rings. The topological polar surface area (TPSA) is 52.6 Å². The molecule has 0 spiro atoms. The fraction of sp³-hybridized carbons (Fsp3) is 0.111. The first-order chi connectivity index (χ1) is 19.6. The number of esters is 2. The van der Waals surface area contributed by atoms with Gasteiger partial charge in [0, 0.05) is 0 Å². The fourth-order valence-electron chi connectivity index (χ4n) is 5.62. The number of rotatable bonds is 6. The molecule has 0 N–H and O–H groups in total. The highest BCUT2D eigenvalue weighted by molar-refractivity contribution is 6.28. The molecule has 0 aliphatic carbocycles. The molecular weight excluding hydrogens is 496 g/mol. The maximum absolute atomic E-state index is 13.1. The molecule has 196 valence electrons. The number of hydrogen-bond acceptors (Lipinski definition) is 4. The molecule has 0 bridgehead atoms. The van der Waals surface area contributed by atoms with E-state index in [9.17, 15) is 9.59 Å². The van der Waals surface area contributed by atoms with Crippen LogP contribution in [-0.2, 0) is 9.47 Å². The normalized spacial score (nSPS) is 11.2. The van der Waals surface area contributed by atoms with Crippen LogP contribution in [0, 0.1) is 0 Å². The molecule has 0 aliphatic heterocycles. The molecule has 0 amide bonds. The van der Waals surface area contributed by atoms with Crippen molar-refractivity contribution in [2.45, 2.75) is 13.8 Å². The van der Waals surface area contributed by atoms with E-state index < -0.39 is 0 Å². The molecule has 6 aromatic rings. The van der Waals surface area contributed by atoms with Gasteiger partial charge in [0.1, 0.15) is 0 Å². The van der Waals surface area contributed by atoms with Crippen LogP contribution in [0.3, 0.4) is 0 Å². The predicted molar refractivity (Wildman–Crippen MR) is 162 cm³/mol. The van der Waals surface area contributed by atoms with Crippen LogP contribution in [-0.4, -0.2) is 25.2 Å². The van der Waals surface area contributed by atoms with Gasteiger partial charge in [0.05, 0.1) is 24.3 Å². The molecule has 0 fully saturated rings. The summed E-state index contributed by atoms with van der Waals surface area (Å²) in [5, 5.41) is 6.23. The van der Waals surface area contributed by atoms with Crippen molar-refractivity contribution in [2.75, 3.05) is 13.2 Å². The van der Waals surface area contributed by atoms with Crippen LogP contribution in [0.5, 0.6) is 0 Å². The maximum atomic E-state index is 13.1. The largest absolute Gasteiger partial charge is 0.462 e. The summed E-state index contributed by atoms with van der Waals surface area (Å²) in [5.74, 6) is -0.708. The van der Waals surface area contributed by atoms with Gasteiger partial charge in [-0.3, -0.25) is 0 Å². The van der Waals surface area contributed by atoms with Crippen molar-refractivity contribution in [3.05, 3.63) is 120 Å². The molecule has 4 nitrogen and oxygen atoms in total. The molecule has 6 aromatic carbocycles. The third-order valence-electron chi connectivity index (χ3n) is 7.27. The molecule has 0 atom stereocenters. The first-order valence-corrected chi connectivity index (χ1v) is 13.5. The summed E-state index contributed by atoms with van der Waals surface area (Å²) in [5.41, 5.74) is 4.51. The van der Waals surface area contributed by atoms with E-state index in [2.05, 4.69) is 36.4 Å². The van der Waals surface area contributed by atoms with Gasteiger partial charge >= 0.3 is 11.9 Å². The van der Waals surface area contributed by atoms with Gasteiger partial charge in [-0.1, -0.05) is 84.9 Å². The Labute approximate surface area is 232 Å². The van der Waals surface area contributed by atoms with E-state index >= 15 is 0 Å². The second-order valence-corrected chi connectivity index (χ2v) is 9.57. The minimum Gasteiger partial charge on any atom is -0.462 e. The average molecular weight is 525 g/mol. The van der Waals surface area contributed by atoms with Crippen molar-refractivity contribution in [3.8, 4) is 22.3 Å². The Morgan fingerprint density at radius 3 is 1.30 bits per heavy atom. The summed E-state index contributed by atoms with van der Waals surface area (Å²) in [4.78, 5) is 26.2. The van der Waals surface area contributed by atoms with E-state index in [1.807, 2.05) is 86.6 Å². The van der Waals surface area contributed by atoms with E-state index in [1.54, 1.807) is 0 Å². The molecule has 4 heteroatoms.